The number of ether oxygens (including phenoxy) is 2. The summed E-state index contributed by atoms with van der Waals surface area (Å²) in [6, 6.07) is 18.6. The van der Waals surface area contributed by atoms with E-state index in [9.17, 15) is 38.1 Å². The lowest BCUT2D eigenvalue weighted by atomic mass is 10.1. The average Bonchev–Trinajstić information content (AvgIpc) is 3.82. The minimum absolute atomic E-state index is 0.00491. The van der Waals surface area contributed by atoms with Crippen molar-refractivity contribution in [2.45, 2.75) is 114 Å². The van der Waals surface area contributed by atoms with Crippen molar-refractivity contribution in [1.82, 2.24) is 38.9 Å². The van der Waals surface area contributed by atoms with Gasteiger partial charge in [-0.25, -0.2) is 28.0 Å². The first-order valence-corrected chi connectivity index (χ1v) is 28.4. The predicted octanol–water partition coefficient (Wildman–Crippen LogP) is 7.73. The molecule has 4 aromatic heterocycles. The first-order valence-electron chi connectivity index (χ1n) is 24.5. The van der Waals surface area contributed by atoms with Crippen molar-refractivity contribution in [2.75, 3.05) is 48.5 Å². The maximum absolute atomic E-state index is 13.6. The van der Waals surface area contributed by atoms with Gasteiger partial charge in [0.1, 0.15) is 68.2 Å². The quantitative estimate of drug-likeness (QED) is 0.0985. The number of sulfone groups is 1. The number of hydrogen-bond acceptors (Lipinski definition) is 15. The van der Waals surface area contributed by atoms with E-state index >= 15 is 0 Å². The van der Waals surface area contributed by atoms with Gasteiger partial charge in [0.25, 0.3) is 11.1 Å². The molecule has 20 nitrogen and oxygen atoms in total. The molecular formula is C52H62Cl2N12O8S2. The highest BCUT2D eigenvalue weighted by molar-refractivity contribution is 7.98. The molecule has 2 saturated heterocycles. The summed E-state index contributed by atoms with van der Waals surface area (Å²) in [6.07, 6.45) is 4.75. The number of halogens is 2. The molecule has 8 rings (SSSR count). The zero-order valence-electron chi connectivity index (χ0n) is 44.2. The van der Waals surface area contributed by atoms with Crippen molar-refractivity contribution in [3.05, 3.63) is 102 Å². The molecule has 2 fully saturated rings. The number of rotatable bonds is 10. The van der Waals surface area contributed by atoms with Crippen molar-refractivity contribution >= 4 is 90.7 Å². The van der Waals surface area contributed by atoms with E-state index in [4.69, 9.17) is 37.7 Å². The van der Waals surface area contributed by atoms with Crippen LogP contribution in [0.3, 0.4) is 0 Å². The van der Waals surface area contributed by atoms with Crippen LogP contribution in [0, 0.1) is 22.7 Å². The number of carbonyl (C=O) groups excluding carboxylic acids is 2. The van der Waals surface area contributed by atoms with Crippen molar-refractivity contribution in [3.63, 3.8) is 0 Å². The Hall–Kier alpha value is -6.72. The molecule has 0 bridgehead atoms. The van der Waals surface area contributed by atoms with Gasteiger partial charge in [-0.15, -0.1) is 0 Å². The van der Waals surface area contributed by atoms with Crippen LogP contribution >= 0.6 is 35.0 Å². The van der Waals surface area contributed by atoms with Gasteiger partial charge in [0, 0.05) is 68.7 Å². The van der Waals surface area contributed by atoms with Gasteiger partial charge in [-0.05, 0) is 96.7 Å². The number of hydrogen-bond donors (Lipinski definition) is 2. The Morgan fingerprint density at radius 2 is 1.13 bits per heavy atom. The normalized spacial score (nSPS) is 16.1. The van der Waals surface area contributed by atoms with E-state index in [1.54, 1.807) is 50.6 Å². The first kappa shape index (κ1) is 57.0. The molecule has 0 spiro atoms. The predicted molar refractivity (Wildman–Crippen MR) is 295 cm³/mol. The van der Waals surface area contributed by atoms with Gasteiger partial charge >= 0.3 is 12.2 Å². The van der Waals surface area contributed by atoms with Crippen LogP contribution in [-0.2, 0) is 46.5 Å². The second-order valence-electron chi connectivity index (χ2n) is 20.7. The summed E-state index contributed by atoms with van der Waals surface area (Å²) in [6.45, 7) is 13.3. The summed E-state index contributed by atoms with van der Waals surface area (Å²) in [4.78, 5) is 65.1. The fraction of sp³-hybridized carbons (Fsp3) is 0.462. The zero-order chi connectivity index (χ0) is 55.6. The third-order valence-electron chi connectivity index (χ3n) is 12.6. The summed E-state index contributed by atoms with van der Waals surface area (Å²) in [5, 5.41) is 27.6. The maximum atomic E-state index is 13.6. The van der Waals surface area contributed by atoms with Crippen LogP contribution in [0.4, 0.5) is 21.2 Å². The molecule has 2 aromatic carbocycles. The van der Waals surface area contributed by atoms with Crippen LogP contribution in [0.2, 0.25) is 10.0 Å². The van der Waals surface area contributed by atoms with Crippen LogP contribution in [-0.4, -0.2) is 111 Å². The van der Waals surface area contributed by atoms with Crippen molar-refractivity contribution in [2.24, 2.45) is 14.1 Å². The monoisotopic (exact) mass is 1120 g/mol. The van der Waals surface area contributed by atoms with Crippen LogP contribution in [0.1, 0.15) is 89.5 Å². The largest absolute Gasteiger partial charge is 0.444 e. The van der Waals surface area contributed by atoms with Crippen LogP contribution in [0.25, 0.3) is 22.1 Å². The third kappa shape index (κ3) is 12.6. The number of nitrogens with one attached hydrogen (secondary N) is 2. The van der Waals surface area contributed by atoms with E-state index in [1.807, 2.05) is 66.8 Å². The highest BCUT2D eigenvalue weighted by atomic mass is 35.5. The highest BCUT2D eigenvalue weighted by Gasteiger charge is 2.34. The van der Waals surface area contributed by atoms with Crippen molar-refractivity contribution in [1.29, 1.82) is 10.5 Å². The molecule has 2 aliphatic heterocycles. The van der Waals surface area contributed by atoms with E-state index in [1.165, 1.54) is 23.4 Å². The van der Waals surface area contributed by atoms with E-state index < -0.39 is 43.9 Å². The number of carbonyl (C=O) groups is 2. The molecule has 2 amide bonds. The van der Waals surface area contributed by atoms with Crippen LogP contribution < -0.4 is 31.6 Å². The second kappa shape index (κ2) is 22.9. The molecule has 76 heavy (non-hydrogen) atoms. The summed E-state index contributed by atoms with van der Waals surface area (Å²) >= 11 is 14.3. The lowest BCUT2D eigenvalue weighted by molar-refractivity contribution is 0.0488. The molecule has 0 radical (unpaired) electrons. The summed E-state index contributed by atoms with van der Waals surface area (Å²) in [5.74, 6) is 1.02. The number of nitrogens with zero attached hydrogens (tertiary/aromatic N) is 10. The van der Waals surface area contributed by atoms with E-state index in [2.05, 4.69) is 32.7 Å². The number of piperidine rings is 2. The SMILES string of the molecule is CSc1nc2c(C#N)c(N3CCC[C@@H](NC(=O)OC(C)(C)C)C3)n(Cc3ccccc3Cl)c2c(=O)n1C.Cn1c(S(C)(=O)=O)nc2c(C#N)c(N3CCC[C@@H](NC(=O)OC(C)(C)C)C3)n(Cc3ccccc3Cl)c2c1=O. The van der Waals surface area contributed by atoms with E-state index in [0.717, 1.165) is 29.2 Å². The molecule has 6 aromatic rings. The molecule has 2 N–H and O–H groups in total. The molecule has 24 heteroatoms. The molecule has 2 aliphatic rings. The average molecular weight is 1120 g/mol. The summed E-state index contributed by atoms with van der Waals surface area (Å²) in [5.41, 5.74) is 0.688. The highest BCUT2D eigenvalue weighted by Crippen LogP contribution is 2.36. The van der Waals surface area contributed by atoms with E-state index in [-0.39, 0.29) is 40.8 Å². The molecule has 0 unspecified atom stereocenters. The first-order chi connectivity index (χ1) is 35.7. The Bertz CT molecular complexity index is 3550. The number of anilines is 2. The second-order valence-corrected chi connectivity index (χ2v) is 24.2. The lowest BCUT2D eigenvalue weighted by Gasteiger charge is -2.35. The standard InChI is InChI=1S/C26H31ClN6O5S.C26H31ClN6O3S/c1-26(2,3)38-25(35)29-17-10-8-12-32(15-17)22-18(13-28)20-21(23(34)31(4)24(30-20)39(5,36)37)33(22)14-16-9-6-7-11-19(16)27;1-26(2,3)36-25(35)29-17-10-8-12-32(15-17)22-18(13-28)20-21(23(34)31(4)24(30-20)37-5)33(22)14-16-9-6-7-11-19(16)27/h6-7,9,11,17H,8,10,12,14-15H2,1-5H3,(H,29,35);6-7,9,11,17H,8,10,12,14-15H2,1-5H3,(H,29,35)/t2*17-/m11/s1. The number of amides is 2. The minimum Gasteiger partial charge on any atom is -0.444 e. The Morgan fingerprint density at radius 3 is 1.51 bits per heavy atom. The van der Waals surface area contributed by atoms with Gasteiger partial charge in [0.05, 0.1) is 13.1 Å². The van der Waals surface area contributed by atoms with Crippen molar-refractivity contribution in [3.8, 4) is 12.1 Å². The summed E-state index contributed by atoms with van der Waals surface area (Å²) < 4.78 is 41.7. The topological polar surface area (TPSA) is 244 Å². The van der Waals surface area contributed by atoms with Gasteiger partial charge < -0.3 is 39.0 Å². The number of thioether (sulfide) groups is 1. The van der Waals surface area contributed by atoms with Crippen LogP contribution in [0.5, 0.6) is 0 Å². The summed E-state index contributed by atoms with van der Waals surface area (Å²) in [7, 11) is -0.847. The Labute approximate surface area is 455 Å². The molecule has 404 valence electrons. The third-order valence-corrected chi connectivity index (χ3v) is 15.1. The zero-order valence-corrected chi connectivity index (χ0v) is 47.3. The number of benzene rings is 2. The van der Waals surface area contributed by atoms with Gasteiger partial charge in [0.15, 0.2) is 5.16 Å². The van der Waals surface area contributed by atoms with E-state index in [0.29, 0.717) is 94.6 Å². The molecule has 2 atom stereocenters. The minimum atomic E-state index is -3.87. The Balaban J connectivity index is 0.000000221. The fourth-order valence-corrected chi connectivity index (χ4v) is 11.2. The lowest BCUT2D eigenvalue weighted by Crippen LogP contribution is -2.49. The smallest absolute Gasteiger partial charge is 0.407 e. The maximum Gasteiger partial charge on any atom is 0.407 e. The Kier molecular flexibility index (Phi) is 17.1. The van der Waals surface area contributed by atoms with Gasteiger partial charge in [-0.2, -0.15) is 10.5 Å². The number of aromatic nitrogens is 6. The number of fused-ring (bicyclic) bond motifs is 2. The number of alkyl carbamates (subject to hydrolysis) is 2. The van der Waals surface area contributed by atoms with Gasteiger partial charge in [0.2, 0.25) is 15.0 Å². The number of nitriles is 2. The fourth-order valence-electron chi connectivity index (χ4n) is 9.47. The van der Waals surface area contributed by atoms with Crippen LogP contribution in [0.15, 0.2) is 68.4 Å². The van der Waals surface area contributed by atoms with Gasteiger partial charge in [-0.3, -0.25) is 18.7 Å². The van der Waals surface area contributed by atoms with Gasteiger partial charge in [-0.1, -0.05) is 71.4 Å². The molecule has 0 aliphatic carbocycles. The molecular weight excluding hydrogens is 1060 g/mol. The molecule has 0 saturated carbocycles. The van der Waals surface area contributed by atoms with Crippen molar-refractivity contribution < 1.29 is 27.5 Å². The Morgan fingerprint density at radius 1 is 0.724 bits per heavy atom. The molecule has 6 heterocycles.